The molecule has 0 amide bonds. The van der Waals surface area contributed by atoms with E-state index in [0.29, 0.717) is 12.2 Å². The van der Waals surface area contributed by atoms with E-state index in [1.54, 1.807) is 6.07 Å². The Balaban J connectivity index is 1.78. The van der Waals surface area contributed by atoms with Crippen molar-refractivity contribution in [3.63, 3.8) is 0 Å². The first-order valence-corrected chi connectivity index (χ1v) is 10.9. The van der Waals surface area contributed by atoms with E-state index < -0.39 is 17.3 Å². The summed E-state index contributed by atoms with van der Waals surface area (Å²) in [6.45, 7) is 7.41. The quantitative estimate of drug-likeness (QED) is 0.465. The number of hydrogen-bond donors (Lipinski definition) is 3. The first-order chi connectivity index (χ1) is 15.4. The van der Waals surface area contributed by atoms with Crippen LogP contribution in [0.4, 0.5) is 0 Å². The van der Waals surface area contributed by atoms with Crippen molar-refractivity contribution in [2.45, 2.75) is 33.2 Å². The van der Waals surface area contributed by atoms with Gasteiger partial charge >= 0.3 is 5.69 Å². The lowest BCUT2D eigenvalue weighted by atomic mass is 9.93. The molecule has 164 valence electrons. The molecule has 4 aromatic rings. The molecule has 7 heteroatoms. The Kier molecular flexibility index (Phi) is 4.78. The SMILES string of the molecule is CCN1CCc2c([nH]c3ccccc23)[C@H]1c1c(O)n(-c2ccc(C)c(C)c2)c(=O)[nH]c1=O. The molecule has 0 saturated carbocycles. The average Bonchev–Trinajstić information content (AvgIpc) is 3.15. The van der Waals surface area contributed by atoms with Gasteiger partial charge in [0.2, 0.25) is 5.88 Å². The van der Waals surface area contributed by atoms with Crippen LogP contribution in [0.5, 0.6) is 5.88 Å². The monoisotopic (exact) mass is 430 g/mol. The van der Waals surface area contributed by atoms with Gasteiger partial charge in [0.05, 0.1) is 11.7 Å². The first kappa shape index (κ1) is 20.3. The predicted octanol–water partition coefficient (Wildman–Crippen LogP) is 3.30. The second-order valence-corrected chi connectivity index (χ2v) is 8.44. The second kappa shape index (κ2) is 7.53. The number of nitrogens with one attached hydrogen (secondary N) is 2. The summed E-state index contributed by atoms with van der Waals surface area (Å²) in [5.74, 6) is -0.322. The molecule has 3 N–H and O–H groups in total. The Bertz CT molecular complexity index is 1460. The van der Waals surface area contributed by atoms with E-state index in [4.69, 9.17) is 0 Å². The maximum atomic E-state index is 13.1. The highest BCUT2D eigenvalue weighted by Crippen LogP contribution is 2.39. The molecule has 0 aliphatic carbocycles. The van der Waals surface area contributed by atoms with Crippen LogP contribution >= 0.6 is 0 Å². The van der Waals surface area contributed by atoms with E-state index in [9.17, 15) is 14.7 Å². The summed E-state index contributed by atoms with van der Waals surface area (Å²) >= 11 is 0. The van der Waals surface area contributed by atoms with Crippen LogP contribution in [0.1, 0.15) is 40.9 Å². The number of aromatic hydroxyl groups is 1. The smallest absolute Gasteiger partial charge is 0.335 e. The van der Waals surface area contributed by atoms with Gasteiger partial charge in [0.25, 0.3) is 5.56 Å². The lowest BCUT2D eigenvalue weighted by Gasteiger charge is -2.35. The number of nitrogens with zero attached hydrogens (tertiary/aromatic N) is 2. The van der Waals surface area contributed by atoms with Crippen molar-refractivity contribution in [2.24, 2.45) is 0 Å². The van der Waals surface area contributed by atoms with Crippen molar-refractivity contribution >= 4 is 10.9 Å². The van der Waals surface area contributed by atoms with Crippen molar-refractivity contribution in [3.8, 4) is 11.6 Å². The third-order valence-corrected chi connectivity index (χ3v) is 6.68. The van der Waals surface area contributed by atoms with E-state index in [-0.39, 0.29) is 11.4 Å². The van der Waals surface area contributed by atoms with Crippen LogP contribution in [0.3, 0.4) is 0 Å². The second-order valence-electron chi connectivity index (χ2n) is 8.44. The zero-order valence-corrected chi connectivity index (χ0v) is 18.4. The number of H-pyrrole nitrogens is 2. The molecule has 0 unspecified atom stereocenters. The summed E-state index contributed by atoms with van der Waals surface area (Å²) in [4.78, 5) is 33.9. The summed E-state index contributed by atoms with van der Waals surface area (Å²) < 4.78 is 1.19. The normalized spacial score (nSPS) is 16.4. The molecular weight excluding hydrogens is 404 g/mol. The molecule has 1 aliphatic rings. The maximum Gasteiger partial charge on any atom is 0.335 e. The lowest BCUT2D eigenvalue weighted by Crippen LogP contribution is -2.41. The number of para-hydroxylation sites is 1. The van der Waals surface area contributed by atoms with Crippen LogP contribution in [0, 0.1) is 13.8 Å². The average molecular weight is 431 g/mol. The van der Waals surface area contributed by atoms with Crippen LogP contribution in [0.15, 0.2) is 52.1 Å². The molecule has 0 fully saturated rings. The number of aromatic nitrogens is 3. The van der Waals surface area contributed by atoms with Crippen molar-refractivity contribution in [3.05, 3.63) is 91.3 Å². The van der Waals surface area contributed by atoms with E-state index >= 15 is 0 Å². The summed E-state index contributed by atoms with van der Waals surface area (Å²) in [6.07, 6.45) is 0.846. The summed E-state index contributed by atoms with van der Waals surface area (Å²) in [7, 11) is 0. The molecule has 0 bridgehead atoms. The van der Waals surface area contributed by atoms with Gasteiger partial charge in [-0.1, -0.05) is 31.2 Å². The maximum absolute atomic E-state index is 13.1. The molecule has 1 aliphatic heterocycles. The van der Waals surface area contributed by atoms with E-state index in [1.165, 1.54) is 4.57 Å². The van der Waals surface area contributed by atoms with Crippen molar-refractivity contribution in [1.29, 1.82) is 0 Å². The minimum atomic E-state index is -0.657. The molecule has 1 atom stereocenters. The highest BCUT2D eigenvalue weighted by molar-refractivity contribution is 5.85. The van der Waals surface area contributed by atoms with Gasteiger partial charge in [0.1, 0.15) is 5.56 Å². The minimum absolute atomic E-state index is 0.178. The predicted molar refractivity (Wildman–Crippen MR) is 125 cm³/mol. The van der Waals surface area contributed by atoms with E-state index in [0.717, 1.165) is 46.3 Å². The highest BCUT2D eigenvalue weighted by atomic mass is 16.3. The Morgan fingerprint density at radius 3 is 2.59 bits per heavy atom. The molecule has 32 heavy (non-hydrogen) atoms. The number of rotatable bonds is 3. The molecule has 2 aromatic heterocycles. The number of benzene rings is 2. The Morgan fingerprint density at radius 1 is 1.06 bits per heavy atom. The van der Waals surface area contributed by atoms with Gasteiger partial charge < -0.3 is 10.1 Å². The number of aromatic amines is 2. The van der Waals surface area contributed by atoms with E-state index in [2.05, 4.69) is 20.9 Å². The molecule has 3 heterocycles. The minimum Gasteiger partial charge on any atom is -0.494 e. The van der Waals surface area contributed by atoms with Gasteiger partial charge in [-0.05, 0) is 61.7 Å². The third-order valence-electron chi connectivity index (χ3n) is 6.68. The van der Waals surface area contributed by atoms with Gasteiger partial charge in [-0.25, -0.2) is 9.36 Å². The number of likely N-dealkylation sites (N-methyl/N-ethyl adjacent to an activating group) is 1. The van der Waals surface area contributed by atoms with Gasteiger partial charge in [-0.15, -0.1) is 0 Å². The van der Waals surface area contributed by atoms with Gasteiger partial charge in [-0.3, -0.25) is 14.7 Å². The summed E-state index contributed by atoms with van der Waals surface area (Å²) in [6, 6.07) is 13.1. The van der Waals surface area contributed by atoms with Gasteiger partial charge in [0, 0.05) is 23.1 Å². The number of fused-ring (bicyclic) bond motifs is 3. The largest absolute Gasteiger partial charge is 0.494 e. The molecule has 0 spiro atoms. The molecule has 2 aromatic carbocycles. The van der Waals surface area contributed by atoms with Crippen molar-refractivity contribution < 1.29 is 5.11 Å². The number of aryl methyl sites for hydroxylation is 2. The zero-order valence-electron chi connectivity index (χ0n) is 18.4. The van der Waals surface area contributed by atoms with Crippen molar-refractivity contribution in [1.82, 2.24) is 19.4 Å². The Morgan fingerprint density at radius 2 is 1.84 bits per heavy atom. The van der Waals surface area contributed by atoms with Crippen LogP contribution < -0.4 is 11.2 Å². The van der Waals surface area contributed by atoms with Crippen LogP contribution in [0.25, 0.3) is 16.6 Å². The Labute approximate surface area is 185 Å². The molecule has 5 rings (SSSR count). The fourth-order valence-electron chi connectivity index (χ4n) is 4.85. The number of hydrogen-bond acceptors (Lipinski definition) is 4. The van der Waals surface area contributed by atoms with Gasteiger partial charge in [0.15, 0.2) is 0 Å². The summed E-state index contributed by atoms with van der Waals surface area (Å²) in [5, 5.41) is 12.5. The van der Waals surface area contributed by atoms with Crippen LogP contribution in [-0.4, -0.2) is 37.6 Å². The first-order valence-electron chi connectivity index (χ1n) is 10.9. The molecule has 7 nitrogen and oxygen atoms in total. The lowest BCUT2D eigenvalue weighted by molar-refractivity contribution is 0.215. The van der Waals surface area contributed by atoms with Crippen LogP contribution in [0.2, 0.25) is 0 Å². The summed E-state index contributed by atoms with van der Waals surface area (Å²) in [5.41, 5.74) is 4.59. The molecule has 0 saturated heterocycles. The van der Waals surface area contributed by atoms with Gasteiger partial charge in [-0.2, -0.15) is 0 Å². The fraction of sp³-hybridized carbons (Fsp3) is 0.280. The molecule has 0 radical (unpaired) electrons. The van der Waals surface area contributed by atoms with Crippen molar-refractivity contribution in [2.75, 3.05) is 13.1 Å². The third kappa shape index (κ3) is 3.00. The van der Waals surface area contributed by atoms with Crippen LogP contribution in [-0.2, 0) is 6.42 Å². The fourth-order valence-corrected chi connectivity index (χ4v) is 4.85. The molecular formula is C25H26N4O3. The standard InChI is InChI=1S/C25H26N4O3/c1-4-28-12-11-18-17-7-5-6-8-19(17)26-21(18)22(28)20-23(30)27-25(32)29(24(20)31)16-10-9-14(2)15(3)13-16/h5-10,13,22,26,31H,4,11-12H2,1-3H3,(H,27,30,32)/t22-/m1/s1. The zero-order chi connectivity index (χ0) is 22.6. The Hall–Kier alpha value is -3.58. The van der Waals surface area contributed by atoms with E-state index in [1.807, 2.05) is 51.1 Å². The highest BCUT2D eigenvalue weighted by Gasteiger charge is 2.35. The topological polar surface area (TPSA) is 94.1 Å².